The summed E-state index contributed by atoms with van der Waals surface area (Å²) in [4.78, 5) is 4.91. The van der Waals surface area contributed by atoms with Crippen molar-refractivity contribution in [3.05, 3.63) is 0 Å². The van der Waals surface area contributed by atoms with E-state index in [1.165, 1.54) is 13.1 Å². The maximum absolute atomic E-state index is 5.24. The fraction of sp³-hybridized carbons (Fsp3) is 1.00. The Morgan fingerprint density at radius 2 is 1.87 bits per heavy atom. The van der Waals surface area contributed by atoms with Crippen LogP contribution in [0.5, 0.6) is 0 Å². The third kappa shape index (κ3) is 4.96. The second kappa shape index (κ2) is 8.08. The lowest BCUT2D eigenvalue weighted by Gasteiger charge is -2.42. The van der Waals surface area contributed by atoms with Crippen LogP contribution in [0.4, 0.5) is 0 Å². The van der Waals surface area contributed by atoms with Gasteiger partial charge in [-0.05, 0) is 20.9 Å². The number of piperazine rings is 1. The van der Waals surface area contributed by atoms with Crippen molar-refractivity contribution in [2.24, 2.45) is 0 Å². The fourth-order valence-corrected chi connectivity index (χ4v) is 2.05. The summed E-state index contributed by atoms with van der Waals surface area (Å²) in [5, 5.41) is 0. The molecule has 3 heteroatoms. The van der Waals surface area contributed by atoms with Crippen molar-refractivity contribution in [2.45, 2.75) is 39.8 Å². The van der Waals surface area contributed by atoms with Crippen LogP contribution in [0, 0.1) is 0 Å². The third-order valence-electron chi connectivity index (χ3n) is 2.75. The quantitative estimate of drug-likeness (QED) is 0.714. The van der Waals surface area contributed by atoms with Gasteiger partial charge in [0, 0.05) is 38.8 Å². The minimum Gasteiger partial charge on any atom is -0.383 e. The molecule has 0 N–H and O–H groups in total. The highest BCUT2D eigenvalue weighted by Crippen LogP contribution is 2.12. The van der Waals surface area contributed by atoms with Gasteiger partial charge in [-0.3, -0.25) is 4.90 Å². The van der Waals surface area contributed by atoms with Gasteiger partial charge in [0.05, 0.1) is 6.61 Å². The van der Waals surface area contributed by atoms with Crippen LogP contribution in [0.15, 0.2) is 0 Å². The largest absolute Gasteiger partial charge is 0.383 e. The molecule has 0 aliphatic carbocycles. The lowest BCUT2D eigenvalue weighted by atomic mass is 10.1. The van der Waals surface area contributed by atoms with Gasteiger partial charge in [-0.15, -0.1) is 0 Å². The molecule has 0 aromatic carbocycles. The lowest BCUT2D eigenvalue weighted by molar-refractivity contribution is 0.0166. The first-order chi connectivity index (χ1) is 7.15. The maximum atomic E-state index is 5.24. The van der Waals surface area contributed by atoms with Crippen molar-refractivity contribution >= 4 is 0 Å². The van der Waals surface area contributed by atoms with Crippen molar-refractivity contribution in [1.29, 1.82) is 0 Å². The van der Waals surface area contributed by atoms with Gasteiger partial charge >= 0.3 is 0 Å². The van der Waals surface area contributed by atoms with Gasteiger partial charge in [0.2, 0.25) is 0 Å². The SMILES string of the molecule is CC.COCC1CN(C)CCN1C(C)C. The standard InChI is InChI=1S/C10H22N2O.C2H6/c1-9(2)12-6-5-11(3)7-10(12)8-13-4;1-2/h9-10H,5-8H2,1-4H3;1-2H3. The first-order valence-electron chi connectivity index (χ1n) is 6.08. The van der Waals surface area contributed by atoms with E-state index in [0.29, 0.717) is 12.1 Å². The molecule has 0 spiro atoms. The maximum Gasteiger partial charge on any atom is 0.0630 e. The van der Waals surface area contributed by atoms with E-state index in [4.69, 9.17) is 4.74 Å². The molecule has 3 nitrogen and oxygen atoms in total. The minimum absolute atomic E-state index is 0.573. The summed E-state index contributed by atoms with van der Waals surface area (Å²) in [5.74, 6) is 0. The van der Waals surface area contributed by atoms with Gasteiger partial charge in [-0.1, -0.05) is 13.8 Å². The molecule has 92 valence electrons. The average Bonchev–Trinajstić information content (AvgIpc) is 2.21. The highest BCUT2D eigenvalue weighted by atomic mass is 16.5. The predicted octanol–water partition coefficient (Wildman–Crippen LogP) is 1.68. The van der Waals surface area contributed by atoms with Crippen LogP contribution < -0.4 is 0 Å². The number of hydrogen-bond donors (Lipinski definition) is 0. The van der Waals surface area contributed by atoms with Crippen molar-refractivity contribution in [3.8, 4) is 0 Å². The Bertz CT molecular complexity index is 151. The molecule has 0 radical (unpaired) electrons. The zero-order chi connectivity index (χ0) is 11.8. The molecule has 1 rings (SSSR count). The smallest absolute Gasteiger partial charge is 0.0630 e. The van der Waals surface area contributed by atoms with E-state index in [0.717, 1.165) is 13.2 Å². The van der Waals surface area contributed by atoms with Crippen LogP contribution in [-0.4, -0.2) is 62.3 Å². The number of likely N-dealkylation sites (N-methyl/N-ethyl adjacent to an activating group) is 1. The number of methoxy groups -OCH3 is 1. The van der Waals surface area contributed by atoms with E-state index in [-0.39, 0.29) is 0 Å². The molecule has 1 aliphatic rings. The second-order valence-electron chi connectivity index (χ2n) is 4.20. The fourth-order valence-electron chi connectivity index (χ4n) is 2.05. The van der Waals surface area contributed by atoms with Crippen LogP contribution in [-0.2, 0) is 4.74 Å². The Balaban J connectivity index is 0.000000921. The van der Waals surface area contributed by atoms with Crippen LogP contribution in [0.2, 0.25) is 0 Å². The summed E-state index contributed by atoms with van der Waals surface area (Å²) < 4.78 is 5.24. The molecule has 0 amide bonds. The summed E-state index contributed by atoms with van der Waals surface area (Å²) >= 11 is 0. The number of rotatable bonds is 3. The third-order valence-corrected chi connectivity index (χ3v) is 2.75. The Kier molecular flexibility index (Phi) is 8.02. The molecule has 0 saturated carbocycles. The summed E-state index contributed by atoms with van der Waals surface area (Å²) in [6.45, 7) is 12.8. The van der Waals surface area contributed by atoms with E-state index < -0.39 is 0 Å². The van der Waals surface area contributed by atoms with Crippen molar-refractivity contribution in [1.82, 2.24) is 9.80 Å². The van der Waals surface area contributed by atoms with Gasteiger partial charge in [0.1, 0.15) is 0 Å². The Labute approximate surface area is 95.4 Å². The number of ether oxygens (including phenoxy) is 1. The minimum atomic E-state index is 0.573. The van der Waals surface area contributed by atoms with Crippen LogP contribution >= 0.6 is 0 Å². The van der Waals surface area contributed by atoms with Crippen molar-refractivity contribution in [3.63, 3.8) is 0 Å². The van der Waals surface area contributed by atoms with Gasteiger partial charge in [0.15, 0.2) is 0 Å². The lowest BCUT2D eigenvalue weighted by Crippen LogP contribution is -2.55. The molecule has 1 saturated heterocycles. The van der Waals surface area contributed by atoms with E-state index >= 15 is 0 Å². The molecule has 0 aromatic rings. The van der Waals surface area contributed by atoms with Gasteiger partial charge < -0.3 is 9.64 Å². The first kappa shape index (κ1) is 14.9. The summed E-state index contributed by atoms with van der Waals surface area (Å²) in [5.41, 5.74) is 0. The Morgan fingerprint density at radius 3 is 2.33 bits per heavy atom. The van der Waals surface area contributed by atoms with Crippen LogP contribution in [0.3, 0.4) is 0 Å². The molecule has 1 aliphatic heterocycles. The van der Waals surface area contributed by atoms with Gasteiger partial charge in [0.25, 0.3) is 0 Å². The zero-order valence-electron chi connectivity index (χ0n) is 11.3. The molecule has 1 unspecified atom stereocenters. The van der Waals surface area contributed by atoms with Crippen molar-refractivity contribution < 1.29 is 4.74 Å². The summed E-state index contributed by atoms with van der Waals surface area (Å²) in [6.07, 6.45) is 0. The highest BCUT2D eigenvalue weighted by molar-refractivity contribution is 4.82. The van der Waals surface area contributed by atoms with Gasteiger partial charge in [-0.2, -0.15) is 0 Å². The zero-order valence-corrected chi connectivity index (χ0v) is 11.3. The molecular formula is C12H28N2O. The topological polar surface area (TPSA) is 15.7 Å². The Morgan fingerprint density at radius 1 is 1.27 bits per heavy atom. The molecule has 1 atom stereocenters. The molecule has 15 heavy (non-hydrogen) atoms. The molecule has 0 bridgehead atoms. The van der Waals surface area contributed by atoms with Crippen molar-refractivity contribution in [2.75, 3.05) is 40.4 Å². The molecule has 1 fully saturated rings. The highest BCUT2D eigenvalue weighted by Gasteiger charge is 2.26. The number of hydrogen-bond acceptors (Lipinski definition) is 3. The Hall–Kier alpha value is -0.120. The van der Waals surface area contributed by atoms with Gasteiger partial charge in [-0.25, -0.2) is 0 Å². The van der Waals surface area contributed by atoms with Crippen LogP contribution in [0.25, 0.3) is 0 Å². The second-order valence-corrected chi connectivity index (χ2v) is 4.20. The molecule has 0 aromatic heterocycles. The average molecular weight is 216 g/mol. The van der Waals surface area contributed by atoms with E-state index in [2.05, 4.69) is 30.7 Å². The summed E-state index contributed by atoms with van der Waals surface area (Å²) in [7, 11) is 3.97. The summed E-state index contributed by atoms with van der Waals surface area (Å²) in [6, 6.07) is 1.21. The first-order valence-corrected chi connectivity index (χ1v) is 6.08. The van der Waals surface area contributed by atoms with E-state index in [1.54, 1.807) is 7.11 Å². The monoisotopic (exact) mass is 216 g/mol. The predicted molar refractivity (Wildman–Crippen MR) is 66.4 cm³/mol. The molecular weight excluding hydrogens is 188 g/mol. The van der Waals surface area contributed by atoms with Crippen LogP contribution in [0.1, 0.15) is 27.7 Å². The number of nitrogens with zero attached hydrogens (tertiary/aromatic N) is 2. The van der Waals surface area contributed by atoms with E-state index in [1.807, 2.05) is 13.8 Å². The molecule has 1 heterocycles. The normalized spacial score (nSPS) is 23.8. The van der Waals surface area contributed by atoms with E-state index in [9.17, 15) is 0 Å².